The van der Waals surface area contributed by atoms with Gasteiger partial charge in [0.2, 0.25) is 10.0 Å². The molecule has 0 heterocycles. The van der Waals surface area contributed by atoms with Crippen LogP contribution in [0, 0.1) is 0 Å². The standard InChI is InChI=1S/C15H26N4O3S/c1-15(2,22-4)11-19-14(17-3)18-10-9-12-5-7-13(8-6-12)23(16,20)21/h5-8H,9-11H2,1-4H3,(H2,16,20,21)(H2,17,18,19). The molecular formula is C15H26N4O3S. The Kier molecular flexibility index (Phi) is 6.99. The van der Waals surface area contributed by atoms with Crippen molar-refractivity contribution >= 4 is 16.0 Å². The lowest BCUT2D eigenvalue weighted by molar-refractivity contribution is 0.0268. The smallest absolute Gasteiger partial charge is 0.238 e. The van der Waals surface area contributed by atoms with Crippen LogP contribution in [0.2, 0.25) is 0 Å². The number of nitrogens with zero attached hydrogens (tertiary/aromatic N) is 1. The van der Waals surface area contributed by atoms with Gasteiger partial charge in [-0.1, -0.05) is 12.1 Å². The van der Waals surface area contributed by atoms with Crippen LogP contribution in [0.3, 0.4) is 0 Å². The predicted molar refractivity (Wildman–Crippen MR) is 92.0 cm³/mol. The van der Waals surface area contributed by atoms with Crippen molar-refractivity contribution in [3.05, 3.63) is 29.8 Å². The van der Waals surface area contributed by atoms with Gasteiger partial charge in [0.1, 0.15) is 0 Å². The second-order valence-electron chi connectivity index (χ2n) is 5.76. The summed E-state index contributed by atoms with van der Waals surface area (Å²) in [5, 5.41) is 11.5. The molecule has 8 heteroatoms. The van der Waals surface area contributed by atoms with Gasteiger partial charge in [0.25, 0.3) is 0 Å². The maximum atomic E-state index is 11.2. The lowest BCUT2D eigenvalue weighted by atomic mass is 10.1. The van der Waals surface area contributed by atoms with Crippen molar-refractivity contribution in [2.24, 2.45) is 10.1 Å². The van der Waals surface area contributed by atoms with Crippen LogP contribution in [0.15, 0.2) is 34.2 Å². The van der Waals surface area contributed by atoms with Gasteiger partial charge in [0.05, 0.1) is 10.5 Å². The average molecular weight is 342 g/mol. The topological polar surface area (TPSA) is 106 Å². The third kappa shape index (κ3) is 6.98. The highest BCUT2D eigenvalue weighted by Crippen LogP contribution is 2.09. The number of primary sulfonamides is 1. The van der Waals surface area contributed by atoms with Gasteiger partial charge in [-0.2, -0.15) is 0 Å². The Morgan fingerprint density at radius 3 is 2.35 bits per heavy atom. The highest BCUT2D eigenvalue weighted by Gasteiger charge is 2.16. The Bertz CT molecular complexity index is 625. The molecular weight excluding hydrogens is 316 g/mol. The molecule has 130 valence electrons. The monoisotopic (exact) mass is 342 g/mol. The van der Waals surface area contributed by atoms with Gasteiger partial charge >= 0.3 is 0 Å². The van der Waals surface area contributed by atoms with Gasteiger partial charge in [0, 0.05) is 27.2 Å². The number of ether oxygens (including phenoxy) is 1. The zero-order valence-electron chi connectivity index (χ0n) is 14.1. The van der Waals surface area contributed by atoms with E-state index in [1.165, 1.54) is 12.1 Å². The molecule has 0 bridgehead atoms. The average Bonchev–Trinajstić information content (AvgIpc) is 2.50. The maximum Gasteiger partial charge on any atom is 0.238 e. The summed E-state index contributed by atoms with van der Waals surface area (Å²) in [5.74, 6) is 0.691. The molecule has 0 amide bonds. The van der Waals surface area contributed by atoms with Crippen LogP contribution in [-0.2, 0) is 21.2 Å². The molecule has 0 atom stereocenters. The summed E-state index contributed by atoms with van der Waals surface area (Å²) in [6.07, 6.45) is 0.735. The van der Waals surface area contributed by atoms with Crippen molar-refractivity contribution in [2.45, 2.75) is 30.8 Å². The van der Waals surface area contributed by atoms with E-state index in [0.717, 1.165) is 12.0 Å². The SMILES string of the molecule is CN=C(NCCc1ccc(S(N)(=O)=O)cc1)NCC(C)(C)OC. The van der Waals surface area contributed by atoms with Crippen LogP contribution >= 0.6 is 0 Å². The molecule has 23 heavy (non-hydrogen) atoms. The van der Waals surface area contributed by atoms with Crippen molar-refractivity contribution in [2.75, 3.05) is 27.2 Å². The van der Waals surface area contributed by atoms with E-state index in [2.05, 4.69) is 15.6 Å². The summed E-state index contributed by atoms with van der Waals surface area (Å²) in [7, 11) is -0.264. The molecule has 0 fully saturated rings. The van der Waals surface area contributed by atoms with Crippen molar-refractivity contribution in [1.29, 1.82) is 0 Å². The highest BCUT2D eigenvalue weighted by molar-refractivity contribution is 7.89. The molecule has 0 radical (unpaired) electrons. The van der Waals surface area contributed by atoms with E-state index in [-0.39, 0.29) is 10.5 Å². The minimum Gasteiger partial charge on any atom is -0.377 e. The number of sulfonamides is 1. The number of nitrogens with one attached hydrogen (secondary N) is 2. The van der Waals surface area contributed by atoms with Gasteiger partial charge in [-0.15, -0.1) is 0 Å². The number of rotatable bonds is 7. The number of hydrogen-bond acceptors (Lipinski definition) is 4. The van der Waals surface area contributed by atoms with Crippen LogP contribution in [0.5, 0.6) is 0 Å². The lowest BCUT2D eigenvalue weighted by Gasteiger charge is -2.24. The van der Waals surface area contributed by atoms with E-state index < -0.39 is 10.0 Å². The molecule has 7 nitrogen and oxygen atoms in total. The van der Waals surface area contributed by atoms with Crippen LogP contribution in [0.1, 0.15) is 19.4 Å². The first-order valence-corrected chi connectivity index (χ1v) is 8.84. The first-order chi connectivity index (χ1) is 10.7. The van der Waals surface area contributed by atoms with Crippen LogP contribution in [0.4, 0.5) is 0 Å². The fraction of sp³-hybridized carbons (Fsp3) is 0.533. The Morgan fingerprint density at radius 1 is 1.26 bits per heavy atom. The quantitative estimate of drug-likeness (QED) is 0.493. The van der Waals surface area contributed by atoms with Gasteiger partial charge in [0.15, 0.2) is 5.96 Å². The molecule has 0 aliphatic rings. The summed E-state index contributed by atoms with van der Waals surface area (Å²) < 4.78 is 27.7. The molecule has 1 rings (SSSR count). The van der Waals surface area contributed by atoms with E-state index in [1.54, 1.807) is 26.3 Å². The summed E-state index contributed by atoms with van der Waals surface area (Å²) in [6.45, 7) is 5.27. The van der Waals surface area contributed by atoms with E-state index in [1.807, 2.05) is 13.8 Å². The van der Waals surface area contributed by atoms with E-state index >= 15 is 0 Å². The molecule has 0 aromatic heterocycles. The minimum absolute atomic E-state index is 0.119. The van der Waals surface area contributed by atoms with Gasteiger partial charge in [-0.25, -0.2) is 13.6 Å². The molecule has 0 aliphatic heterocycles. The van der Waals surface area contributed by atoms with Crippen molar-refractivity contribution in [3.8, 4) is 0 Å². The predicted octanol–water partition coefficient (Wildman–Crippen LogP) is 0.467. The van der Waals surface area contributed by atoms with Crippen LogP contribution in [0.25, 0.3) is 0 Å². The fourth-order valence-electron chi connectivity index (χ4n) is 1.76. The van der Waals surface area contributed by atoms with E-state index in [0.29, 0.717) is 19.0 Å². The molecule has 4 N–H and O–H groups in total. The fourth-order valence-corrected chi connectivity index (χ4v) is 2.28. The third-order valence-electron chi connectivity index (χ3n) is 3.42. The summed E-state index contributed by atoms with van der Waals surface area (Å²) in [4.78, 5) is 4.27. The van der Waals surface area contributed by atoms with Crippen molar-refractivity contribution in [3.63, 3.8) is 0 Å². The summed E-state index contributed by atoms with van der Waals surface area (Å²) in [5.41, 5.74) is 0.735. The van der Waals surface area contributed by atoms with Gasteiger partial charge in [-0.3, -0.25) is 4.99 Å². The Labute approximate surface area is 138 Å². The van der Waals surface area contributed by atoms with Crippen LogP contribution in [-0.4, -0.2) is 47.2 Å². The zero-order chi connectivity index (χ0) is 17.5. The second kappa shape index (κ2) is 8.28. The lowest BCUT2D eigenvalue weighted by Crippen LogP contribution is -2.45. The highest BCUT2D eigenvalue weighted by atomic mass is 32.2. The molecule has 1 aromatic carbocycles. The van der Waals surface area contributed by atoms with E-state index in [9.17, 15) is 8.42 Å². The number of benzene rings is 1. The molecule has 0 saturated carbocycles. The molecule has 0 unspecified atom stereocenters. The van der Waals surface area contributed by atoms with Gasteiger partial charge < -0.3 is 15.4 Å². The maximum absolute atomic E-state index is 11.2. The Hall–Kier alpha value is -1.64. The Morgan fingerprint density at radius 2 is 1.87 bits per heavy atom. The number of guanidine groups is 1. The largest absolute Gasteiger partial charge is 0.377 e. The molecule has 0 aliphatic carbocycles. The number of hydrogen-bond donors (Lipinski definition) is 3. The normalized spacial score (nSPS) is 13.0. The first kappa shape index (κ1) is 19.4. The Balaban J connectivity index is 2.46. The second-order valence-corrected chi connectivity index (χ2v) is 7.32. The molecule has 0 spiro atoms. The first-order valence-electron chi connectivity index (χ1n) is 7.29. The van der Waals surface area contributed by atoms with Crippen molar-refractivity contribution < 1.29 is 13.2 Å². The molecule has 1 aromatic rings. The van der Waals surface area contributed by atoms with Crippen LogP contribution < -0.4 is 15.8 Å². The van der Waals surface area contributed by atoms with Crippen molar-refractivity contribution in [1.82, 2.24) is 10.6 Å². The summed E-state index contributed by atoms with van der Waals surface area (Å²) >= 11 is 0. The summed E-state index contributed by atoms with van der Waals surface area (Å²) in [6, 6.07) is 6.54. The number of aliphatic imine (C=N–C) groups is 1. The molecule has 0 saturated heterocycles. The zero-order valence-corrected chi connectivity index (χ0v) is 14.9. The third-order valence-corrected chi connectivity index (χ3v) is 4.34. The van der Waals surface area contributed by atoms with E-state index in [4.69, 9.17) is 9.88 Å². The number of nitrogens with two attached hydrogens (primary N) is 1. The number of methoxy groups -OCH3 is 1. The van der Waals surface area contributed by atoms with Gasteiger partial charge in [-0.05, 0) is 38.0 Å². The minimum atomic E-state index is -3.64.